The molecule has 5 nitrogen and oxygen atoms in total. The fourth-order valence-corrected chi connectivity index (χ4v) is 3.86. The highest BCUT2D eigenvalue weighted by Gasteiger charge is 2.23. The van der Waals surface area contributed by atoms with Gasteiger partial charge in [-0.1, -0.05) is 0 Å². The summed E-state index contributed by atoms with van der Waals surface area (Å²) in [5.41, 5.74) is 0.934. The third-order valence-electron chi connectivity index (χ3n) is 3.12. The topological polar surface area (TPSA) is 69.6 Å². The maximum absolute atomic E-state index is 12.1. The lowest BCUT2D eigenvalue weighted by Crippen LogP contribution is -2.40. The van der Waals surface area contributed by atoms with Crippen LogP contribution in [0.4, 0.5) is 9.80 Å². The van der Waals surface area contributed by atoms with E-state index < -0.39 is 5.97 Å². The first-order chi connectivity index (χ1) is 9.00. The molecule has 0 spiro atoms. The number of hydrogen-bond acceptors (Lipinski definition) is 4. The van der Waals surface area contributed by atoms with Crippen molar-refractivity contribution >= 4 is 40.1 Å². The number of nitrogens with one attached hydrogen (secondary N) is 1. The number of carboxylic acid groups (broad SMARTS) is 1. The van der Waals surface area contributed by atoms with Gasteiger partial charge in [-0.3, -0.25) is 5.32 Å². The Morgan fingerprint density at radius 2 is 1.89 bits per heavy atom. The highest BCUT2D eigenvalue weighted by Crippen LogP contribution is 2.32. The molecule has 2 heterocycles. The summed E-state index contributed by atoms with van der Waals surface area (Å²) in [6, 6.07) is -0.205. The second-order valence-electron chi connectivity index (χ2n) is 4.32. The van der Waals surface area contributed by atoms with Gasteiger partial charge < -0.3 is 10.0 Å². The number of urea groups is 1. The Balaban J connectivity index is 2.16. The summed E-state index contributed by atoms with van der Waals surface area (Å²) < 4.78 is 0. The third kappa shape index (κ3) is 3.03. The van der Waals surface area contributed by atoms with Gasteiger partial charge in [-0.05, 0) is 19.4 Å². The van der Waals surface area contributed by atoms with Crippen molar-refractivity contribution < 1.29 is 14.7 Å². The smallest absolute Gasteiger partial charge is 0.338 e. The summed E-state index contributed by atoms with van der Waals surface area (Å²) in [6.45, 7) is 5.05. The van der Waals surface area contributed by atoms with Gasteiger partial charge in [-0.15, -0.1) is 11.3 Å². The average Bonchev–Trinajstić information content (AvgIpc) is 2.65. The SMILES string of the molecule is Cc1sc(NC(=O)N2CCSCC2)c(C(=O)O)c1C. The van der Waals surface area contributed by atoms with Crippen molar-refractivity contribution in [2.24, 2.45) is 0 Å². The standard InChI is InChI=1S/C12H16N2O3S2/c1-7-8(2)19-10(9(7)11(15)16)13-12(17)14-3-5-18-6-4-14/h3-6H2,1-2H3,(H,13,17)(H,15,16). The predicted molar refractivity (Wildman–Crippen MR) is 78.7 cm³/mol. The highest BCUT2D eigenvalue weighted by atomic mass is 32.2. The number of rotatable bonds is 2. The zero-order valence-electron chi connectivity index (χ0n) is 10.9. The van der Waals surface area contributed by atoms with Gasteiger partial charge in [0.15, 0.2) is 0 Å². The van der Waals surface area contributed by atoms with Crippen LogP contribution in [0, 0.1) is 13.8 Å². The second kappa shape index (κ2) is 5.83. The summed E-state index contributed by atoms with van der Waals surface area (Å²) in [5.74, 6) is 0.870. The van der Waals surface area contributed by atoms with Crippen LogP contribution in [-0.2, 0) is 0 Å². The van der Waals surface area contributed by atoms with E-state index in [1.54, 1.807) is 11.8 Å². The van der Waals surface area contributed by atoms with E-state index in [1.165, 1.54) is 11.3 Å². The highest BCUT2D eigenvalue weighted by molar-refractivity contribution is 7.99. The Morgan fingerprint density at radius 1 is 1.26 bits per heavy atom. The van der Waals surface area contributed by atoms with Crippen molar-refractivity contribution in [1.82, 2.24) is 4.90 Å². The van der Waals surface area contributed by atoms with Gasteiger partial charge in [0.2, 0.25) is 0 Å². The van der Waals surface area contributed by atoms with Gasteiger partial charge in [0, 0.05) is 29.5 Å². The molecule has 0 aliphatic carbocycles. The molecule has 19 heavy (non-hydrogen) atoms. The third-order valence-corrected chi connectivity index (χ3v) is 5.18. The molecule has 2 N–H and O–H groups in total. The maximum Gasteiger partial charge on any atom is 0.338 e. The van der Waals surface area contributed by atoms with Crippen LogP contribution in [0.15, 0.2) is 0 Å². The van der Waals surface area contributed by atoms with Crippen LogP contribution in [0.3, 0.4) is 0 Å². The Kier molecular flexibility index (Phi) is 4.36. The van der Waals surface area contributed by atoms with Gasteiger partial charge in [0.25, 0.3) is 0 Å². The van der Waals surface area contributed by atoms with Crippen LogP contribution in [0.25, 0.3) is 0 Å². The van der Waals surface area contributed by atoms with Gasteiger partial charge >= 0.3 is 12.0 Å². The van der Waals surface area contributed by atoms with E-state index in [1.807, 2.05) is 18.7 Å². The molecule has 1 aliphatic heterocycles. The number of amides is 2. The quantitative estimate of drug-likeness (QED) is 0.881. The van der Waals surface area contributed by atoms with Gasteiger partial charge in [0.05, 0.1) is 5.56 Å². The lowest BCUT2D eigenvalue weighted by Gasteiger charge is -2.26. The lowest BCUT2D eigenvalue weighted by molar-refractivity contribution is 0.0697. The van der Waals surface area contributed by atoms with Crippen LogP contribution in [-0.4, -0.2) is 46.6 Å². The first-order valence-corrected chi connectivity index (χ1v) is 7.94. The van der Waals surface area contributed by atoms with Crippen LogP contribution < -0.4 is 5.32 Å². The maximum atomic E-state index is 12.1. The van der Waals surface area contributed by atoms with Crippen molar-refractivity contribution in [3.8, 4) is 0 Å². The van der Waals surface area contributed by atoms with Crippen molar-refractivity contribution in [2.75, 3.05) is 29.9 Å². The van der Waals surface area contributed by atoms with E-state index in [0.29, 0.717) is 18.1 Å². The summed E-state index contributed by atoms with van der Waals surface area (Å²) in [7, 11) is 0. The Bertz CT molecular complexity index is 507. The van der Waals surface area contributed by atoms with E-state index in [0.717, 1.165) is 21.9 Å². The van der Waals surface area contributed by atoms with Crippen LogP contribution in [0.1, 0.15) is 20.8 Å². The lowest BCUT2D eigenvalue weighted by atomic mass is 10.1. The van der Waals surface area contributed by atoms with Crippen molar-refractivity contribution in [3.05, 3.63) is 16.0 Å². The first kappa shape index (κ1) is 14.2. The van der Waals surface area contributed by atoms with Crippen LogP contribution >= 0.6 is 23.1 Å². The number of carboxylic acids is 1. The van der Waals surface area contributed by atoms with E-state index in [-0.39, 0.29) is 11.6 Å². The monoisotopic (exact) mass is 300 g/mol. The van der Waals surface area contributed by atoms with E-state index in [9.17, 15) is 14.7 Å². The first-order valence-electron chi connectivity index (χ1n) is 5.97. The molecule has 1 aromatic heterocycles. The van der Waals surface area contributed by atoms with Crippen LogP contribution in [0.5, 0.6) is 0 Å². The van der Waals surface area contributed by atoms with E-state index in [4.69, 9.17) is 0 Å². The number of aryl methyl sites for hydroxylation is 1. The van der Waals surface area contributed by atoms with Gasteiger partial charge in [-0.25, -0.2) is 9.59 Å². The number of thioether (sulfide) groups is 1. The fraction of sp³-hybridized carbons (Fsp3) is 0.500. The molecular weight excluding hydrogens is 284 g/mol. The largest absolute Gasteiger partial charge is 0.478 e. The molecule has 0 bridgehead atoms. The van der Waals surface area contributed by atoms with Crippen LogP contribution in [0.2, 0.25) is 0 Å². The Hall–Kier alpha value is -1.21. The molecular formula is C12H16N2O3S2. The molecule has 0 saturated carbocycles. The number of thiophene rings is 1. The molecule has 0 radical (unpaired) electrons. The molecule has 0 aromatic carbocycles. The molecule has 1 saturated heterocycles. The minimum atomic E-state index is -0.994. The summed E-state index contributed by atoms with van der Waals surface area (Å²) in [6.07, 6.45) is 0. The molecule has 0 atom stereocenters. The number of aromatic carboxylic acids is 1. The van der Waals surface area contributed by atoms with E-state index >= 15 is 0 Å². The number of nitrogens with zero attached hydrogens (tertiary/aromatic N) is 1. The molecule has 1 aromatic rings. The molecule has 1 fully saturated rings. The molecule has 2 rings (SSSR count). The fourth-order valence-electron chi connectivity index (χ4n) is 1.92. The van der Waals surface area contributed by atoms with Gasteiger partial charge in [-0.2, -0.15) is 11.8 Å². The molecule has 7 heteroatoms. The number of carbonyl (C=O) groups excluding carboxylic acids is 1. The Labute approximate surface area is 120 Å². The minimum Gasteiger partial charge on any atom is -0.478 e. The minimum absolute atomic E-state index is 0.205. The number of anilines is 1. The number of carbonyl (C=O) groups is 2. The molecule has 2 amide bonds. The van der Waals surface area contributed by atoms with Gasteiger partial charge in [0.1, 0.15) is 5.00 Å². The zero-order chi connectivity index (χ0) is 14.0. The normalized spacial score (nSPS) is 15.4. The predicted octanol–water partition coefficient (Wildman–Crippen LogP) is 2.64. The molecule has 1 aliphatic rings. The number of hydrogen-bond donors (Lipinski definition) is 2. The Morgan fingerprint density at radius 3 is 2.47 bits per heavy atom. The average molecular weight is 300 g/mol. The molecule has 0 unspecified atom stereocenters. The van der Waals surface area contributed by atoms with Crippen molar-refractivity contribution in [3.63, 3.8) is 0 Å². The summed E-state index contributed by atoms with van der Waals surface area (Å²) in [4.78, 5) is 26.0. The van der Waals surface area contributed by atoms with Crippen molar-refractivity contribution in [1.29, 1.82) is 0 Å². The van der Waals surface area contributed by atoms with E-state index in [2.05, 4.69) is 5.32 Å². The summed E-state index contributed by atoms with van der Waals surface area (Å²) in [5, 5.41) is 12.4. The molecule has 104 valence electrons. The zero-order valence-corrected chi connectivity index (χ0v) is 12.5. The second-order valence-corrected chi connectivity index (χ2v) is 6.77. The van der Waals surface area contributed by atoms with Crippen molar-refractivity contribution in [2.45, 2.75) is 13.8 Å². The summed E-state index contributed by atoms with van der Waals surface area (Å²) >= 11 is 3.14.